The third-order valence-corrected chi connectivity index (χ3v) is 5.01. The number of anilines is 2. The van der Waals surface area contributed by atoms with Gasteiger partial charge >= 0.3 is 0 Å². The number of hydrogen-bond donors (Lipinski definition) is 3. The number of carbonyl (C=O) groups excluding carboxylic acids is 1. The van der Waals surface area contributed by atoms with Crippen molar-refractivity contribution < 1.29 is 4.79 Å². The second-order valence-electron chi connectivity index (χ2n) is 7.30. The summed E-state index contributed by atoms with van der Waals surface area (Å²) in [4.78, 5) is 33.6. The predicted molar refractivity (Wildman–Crippen MR) is 113 cm³/mol. The minimum absolute atomic E-state index is 0.0875. The summed E-state index contributed by atoms with van der Waals surface area (Å²) in [5.41, 5.74) is 10.7. The van der Waals surface area contributed by atoms with Crippen LogP contribution in [-0.2, 0) is 24.3 Å². The van der Waals surface area contributed by atoms with Gasteiger partial charge < -0.3 is 16.0 Å². The number of hydrogen-bond acceptors (Lipinski definition) is 5. The molecule has 4 N–H and O–H groups in total. The third-order valence-electron chi connectivity index (χ3n) is 5.01. The van der Waals surface area contributed by atoms with E-state index in [1.807, 2.05) is 36.4 Å². The van der Waals surface area contributed by atoms with E-state index in [2.05, 4.69) is 15.2 Å². The highest BCUT2D eigenvalue weighted by Crippen LogP contribution is 2.21. The quantitative estimate of drug-likeness (QED) is 0.595. The van der Waals surface area contributed by atoms with Crippen LogP contribution >= 0.6 is 0 Å². The number of amides is 1. The van der Waals surface area contributed by atoms with Crippen molar-refractivity contribution in [3.63, 3.8) is 0 Å². The molecule has 7 heteroatoms. The van der Waals surface area contributed by atoms with Gasteiger partial charge in [-0.15, -0.1) is 0 Å². The lowest BCUT2D eigenvalue weighted by Crippen LogP contribution is -2.35. The molecule has 0 unspecified atom stereocenters. The molecule has 0 aliphatic carbocycles. The molecule has 1 aliphatic heterocycles. The number of nitrogens with zero attached hydrogens (tertiary/aromatic N) is 2. The largest absolute Gasteiger partial charge is 0.399 e. The Hall–Kier alpha value is -3.45. The fourth-order valence-electron chi connectivity index (χ4n) is 3.55. The lowest BCUT2D eigenvalue weighted by molar-refractivity contribution is -0.114. The standard InChI is InChI=1S/C22H23N5O2/c1-14(28)24-18-8-2-15(3-9-18)12-27-11-10-20-19(13-27)22(29)26-21(25-20)16-4-6-17(23)7-5-16/h2-9H,10-13,23H2,1H3,(H,24,28)(H,25,26,29). The van der Waals surface area contributed by atoms with Gasteiger partial charge in [0.2, 0.25) is 5.91 Å². The summed E-state index contributed by atoms with van der Waals surface area (Å²) in [6.07, 6.45) is 0.727. The van der Waals surface area contributed by atoms with Crippen molar-refractivity contribution in [1.29, 1.82) is 0 Å². The molecular weight excluding hydrogens is 366 g/mol. The molecule has 2 heterocycles. The highest BCUT2D eigenvalue weighted by Gasteiger charge is 2.21. The van der Waals surface area contributed by atoms with Crippen molar-refractivity contribution in [2.45, 2.75) is 26.4 Å². The number of aromatic nitrogens is 2. The second-order valence-corrected chi connectivity index (χ2v) is 7.30. The Balaban J connectivity index is 1.49. The van der Waals surface area contributed by atoms with E-state index >= 15 is 0 Å². The monoisotopic (exact) mass is 389 g/mol. The first-order valence-electron chi connectivity index (χ1n) is 9.55. The topological polar surface area (TPSA) is 104 Å². The van der Waals surface area contributed by atoms with Crippen molar-refractivity contribution in [2.75, 3.05) is 17.6 Å². The van der Waals surface area contributed by atoms with E-state index in [-0.39, 0.29) is 11.5 Å². The lowest BCUT2D eigenvalue weighted by Gasteiger charge is -2.27. The van der Waals surface area contributed by atoms with Crippen LogP contribution in [-0.4, -0.2) is 27.3 Å². The maximum absolute atomic E-state index is 12.7. The molecule has 0 radical (unpaired) electrons. The normalized spacial score (nSPS) is 13.7. The summed E-state index contributed by atoms with van der Waals surface area (Å²) in [6.45, 7) is 3.62. The maximum Gasteiger partial charge on any atom is 0.255 e. The number of fused-ring (bicyclic) bond motifs is 1. The summed E-state index contributed by atoms with van der Waals surface area (Å²) in [7, 11) is 0. The van der Waals surface area contributed by atoms with Crippen molar-refractivity contribution in [3.8, 4) is 11.4 Å². The molecule has 0 fully saturated rings. The van der Waals surface area contributed by atoms with Gasteiger partial charge in [0, 0.05) is 49.9 Å². The first-order chi connectivity index (χ1) is 14.0. The molecule has 7 nitrogen and oxygen atoms in total. The highest BCUT2D eigenvalue weighted by atomic mass is 16.1. The average Bonchev–Trinajstić information content (AvgIpc) is 2.70. The molecule has 29 heavy (non-hydrogen) atoms. The summed E-state index contributed by atoms with van der Waals surface area (Å²) >= 11 is 0. The summed E-state index contributed by atoms with van der Waals surface area (Å²) in [6, 6.07) is 15.1. The second kappa shape index (κ2) is 7.89. The Bertz CT molecular complexity index is 1090. The summed E-state index contributed by atoms with van der Waals surface area (Å²) in [5.74, 6) is 0.492. The fourth-order valence-corrected chi connectivity index (χ4v) is 3.55. The number of aromatic amines is 1. The van der Waals surface area contributed by atoms with Crippen LogP contribution in [0.5, 0.6) is 0 Å². The van der Waals surface area contributed by atoms with Crippen LogP contribution in [0.1, 0.15) is 23.7 Å². The van der Waals surface area contributed by atoms with Gasteiger partial charge in [-0.2, -0.15) is 0 Å². The first-order valence-corrected chi connectivity index (χ1v) is 9.55. The Labute approximate surface area is 168 Å². The molecule has 0 atom stereocenters. The molecule has 1 aromatic heterocycles. The Morgan fingerprint density at radius 2 is 1.90 bits per heavy atom. The smallest absolute Gasteiger partial charge is 0.255 e. The van der Waals surface area contributed by atoms with Gasteiger partial charge in [-0.1, -0.05) is 12.1 Å². The molecule has 148 valence electrons. The van der Waals surface area contributed by atoms with Crippen LogP contribution in [0.15, 0.2) is 53.3 Å². The number of nitrogens with two attached hydrogens (primary N) is 1. The van der Waals surface area contributed by atoms with E-state index in [0.717, 1.165) is 47.6 Å². The van der Waals surface area contributed by atoms with Gasteiger partial charge in [0.05, 0.1) is 11.3 Å². The number of rotatable bonds is 4. The maximum atomic E-state index is 12.7. The molecule has 0 spiro atoms. The summed E-state index contributed by atoms with van der Waals surface area (Å²) < 4.78 is 0. The number of carbonyl (C=O) groups is 1. The number of nitrogen functional groups attached to an aromatic ring is 1. The van der Waals surface area contributed by atoms with Gasteiger partial charge in [-0.05, 0) is 42.0 Å². The van der Waals surface area contributed by atoms with E-state index in [0.29, 0.717) is 18.1 Å². The van der Waals surface area contributed by atoms with Crippen molar-refractivity contribution in [2.24, 2.45) is 0 Å². The predicted octanol–water partition coefficient (Wildman–Crippen LogP) is 2.54. The molecule has 1 aliphatic rings. The summed E-state index contributed by atoms with van der Waals surface area (Å²) in [5, 5.41) is 2.76. The molecule has 3 aromatic rings. The zero-order valence-electron chi connectivity index (χ0n) is 16.2. The van der Waals surface area contributed by atoms with Gasteiger partial charge in [0.15, 0.2) is 0 Å². The van der Waals surface area contributed by atoms with Crippen LogP contribution in [0.2, 0.25) is 0 Å². The minimum atomic E-state index is -0.0902. The zero-order valence-corrected chi connectivity index (χ0v) is 16.2. The molecule has 4 rings (SSSR count). The van der Waals surface area contributed by atoms with Crippen LogP contribution in [0.25, 0.3) is 11.4 Å². The minimum Gasteiger partial charge on any atom is -0.399 e. The number of H-pyrrole nitrogens is 1. The van der Waals surface area contributed by atoms with E-state index in [1.54, 1.807) is 12.1 Å². The average molecular weight is 389 g/mol. The van der Waals surface area contributed by atoms with Gasteiger partial charge in [-0.25, -0.2) is 4.98 Å². The van der Waals surface area contributed by atoms with Crippen molar-refractivity contribution in [3.05, 3.63) is 75.7 Å². The number of benzene rings is 2. The van der Waals surface area contributed by atoms with Gasteiger partial charge in [0.1, 0.15) is 5.82 Å². The molecular formula is C22H23N5O2. The SMILES string of the molecule is CC(=O)Nc1ccc(CN2CCc3nc(-c4ccc(N)cc4)[nH]c(=O)c3C2)cc1. The Kier molecular flexibility index (Phi) is 5.14. The van der Waals surface area contributed by atoms with Gasteiger partial charge in [-0.3, -0.25) is 14.5 Å². The molecule has 1 amide bonds. The van der Waals surface area contributed by atoms with Crippen LogP contribution < -0.4 is 16.6 Å². The van der Waals surface area contributed by atoms with Crippen LogP contribution in [0, 0.1) is 0 Å². The van der Waals surface area contributed by atoms with Crippen LogP contribution in [0.4, 0.5) is 11.4 Å². The highest BCUT2D eigenvalue weighted by molar-refractivity contribution is 5.88. The van der Waals surface area contributed by atoms with E-state index in [9.17, 15) is 9.59 Å². The fraction of sp³-hybridized carbons (Fsp3) is 0.227. The van der Waals surface area contributed by atoms with Crippen LogP contribution in [0.3, 0.4) is 0 Å². The Morgan fingerprint density at radius 1 is 1.17 bits per heavy atom. The lowest BCUT2D eigenvalue weighted by atomic mass is 10.1. The van der Waals surface area contributed by atoms with E-state index in [4.69, 9.17) is 10.7 Å². The zero-order chi connectivity index (χ0) is 20.4. The van der Waals surface area contributed by atoms with Gasteiger partial charge in [0.25, 0.3) is 5.56 Å². The molecule has 0 bridgehead atoms. The third kappa shape index (κ3) is 4.35. The van der Waals surface area contributed by atoms with E-state index < -0.39 is 0 Å². The Morgan fingerprint density at radius 3 is 2.59 bits per heavy atom. The number of nitrogens with one attached hydrogen (secondary N) is 2. The molecule has 0 saturated heterocycles. The van der Waals surface area contributed by atoms with Crippen molar-refractivity contribution >= 4 is 17.3 Å². The van der Waals surface area contributed by atoms with Crippen molar-refractivity contribution in [1.82, 2.24) is 14.9 Å². The molecule has 2 aromatic carbocycles. The molecule has 0 saturated carbocycles. The first kappa shape index (κ1) is 18.9. The van der Waals surface area contributed by atoms with E-state index in [1.165, 1.54) is 6.92 Å².